The van der Waals surface area contributed by atoms with Crippen molar-refractivity contribution in [1.82, 2.24) is 4.72 Å². The van der Waals surface area contributed by atoms with Crippen LogP contribution in [0.15, 0.2) is 34.7 Å². The Bertz CT molecular complexity index is 568. The van der Waals surface area contributed by atoms with E-state index in [4.69, 9.17) is 4.42 Å². The number of hydrogen-bond donors (Lipinski definition) is 1. The van der Waals surface area contributed by atoms with Crippen molar-refractivity contribution in [3.8, 4) is 0 Å². The Morgan fingerprint density at radius 2 is 2.06 bits per heavy atom. The lowest BCUT2D eigenvalue weighted by atomic mass is 10.2. The van der Waals surface area contributed by atoms with Gasteiger partial charge in [0.15, 0.2) is 0 Å². The highest BCUT2D eigenvalue weighted by molar-refractivity contribution is 7.88. The fourth-order valence-electron chi connectivity index (χ4n) is 1.68. The number of furan rings is 1. The van der Waals surface area contributed by atoms with Gasteiger partial charge in [0.1, 0.15) is 11.3 Å². The molecule has 1 N–H and O–H groups in total. The van der Waals surface area contributed by atoms with Gasteiger partial charge in [0.2, 0.25) is 10.0 Å². The van der Waals surface area contributed by atoms with Crippen molar-refractivity contribution in [2.24, 2.45) is 0 Å². The third-order valence-electron chi connectivity index (χ3n) is 2.44. The minimum Gasteiger partial charge on any atom is -0.461 e. The minimum atomic E-state index is -3.08. The normalized spacial score (nSPS) is 12.1. The molecule has 0 amide bonds. The zero-order valence-electron chi connectivity index (χ0n) is 9.64. The molecule has 17 heavy (non-hydrogen) atoms. The Balaban J connectivity index is 1.91. The largest absolute Gasteiger partial charge is 0.461 e. The van der Waals surface area contributed by atoms with Gasteiger partial charge in [-0.05, 0) is 18.6 Å². The van der Waals surface area contributed by atoms with Crippen molar-refractivity contribution in [3.05, 3.63) is 36.1 Å². The predicted octanol–water partition coefficient (Wildman–Crippen LogP) is 1.91. The summed E-state index contributed by atoms with van der Waals surface area (Å²) < 4.78 is 29.8. The maximum Gasteiger partial charge on any atom is 0.208 e. The molecule has 2 aromatic rings. The Morgan fingerprint density at radius 3 is 2.76 bits per heavy atom. The van der Waals surface area contributed by atoms with E-state index in [9.17, 15) is 8.42 Å². The van der Waals surface area contributed by atoms with Gasteiger partial charge >= 0.3 is 0 Å². The van der Waals surface area contributed by atoms with Gasteiger partial charge in [0, 0.05) is 18.4 Å². The summed E-state index contributed by atoms with van der Waals surface area (Å²) in [5, 5.41) is 1.08. The summed E-state index contributed by atoms with van der Waals surface area (Å²) >= 11 is 0. The summed E-state index contributed by atoms with van der Waals surface area (Å²) in [5.74, 6) is 0.890. The van der Waals surface area contributed by atoms with E-state index in [1.807, 2.05) is 30.3 Å². The number of fused-ring (bicyclic) bond motifs is 1. The molecule has 0 spiro atoms. The maximum atomic E-state index is 10.8. The second-order valence-corrected chi connectivity index (χ2v) is 5.85. The van der Waals surface area contributed by atoms with Crippen LogP contribution in [0.3, 0.4) is 0 Å². The van der Waals surface area contributed by atoms with Crippen molar-refractivity contribution >= 4 is 21.0 Å². The fraction of sp³-hybridized carbons (Fsp3) is 0.333. The highest BCUT2D eigenvalue weighted by atomic mass is 32.2. The predicted molar refractivity (Wildman–Crippen MR) is 67.4 cm³/mol. The summed E-state index contributed by atoms with van der Waals surface area (Å²) in [6.45, 7) is 0.440. The van der Waals surface area contributed by atoms with Crippen molar-refractivity contribution in [2.45, 2.75) is 12.8 Å². The van der Waals surface area contributed by atoms with Gasteiger partial charge in [0.25, 0.3) is 0 Å². The lowest BCUT2D eigenvalue weighted by Crippen LogP contribution is -2.23. The van der Waals surface area contributed by atoms with Gasteiger partial charge in [-0.15, -0.1) is 0 Å². The molecule has 2 rings (SSSR count). The van der Waals surface area contributed by atoms with Gasteiger partial charge in [-0.25, -0.2) is 13.1 Å². The van der Waals surface area contributed by atoms with E-state index in [-0.39, 0.29) is 0 Å². The third kappa shape index (κ3) is 3.57. The molecule has 5 heteroatoms. The molecule has 0 fully saturated rings. The number of rotatable bonds is 5. The first-order chi connectivity index (χ1) is 8.04. The molecule has 1 aromatic heterocycles. The molecule has 0 saturated heterocycles. The lowest BCUT2D eigenvalue weighted by Gasteiger charge is -1.99. The Labute approximate surface area is 101 Å². The molecule has 0 aliphatic heterocycles. The molecule has 0 aliphatic rings. The van der Waals surface area contributed by atoms with E-state index in [1.165, 1.54) is 0 Å². The van der Waals surface area contributed by atoms with Gasteiger partial charge < -0.3 is 4.42 Å². The molecule has 0 unspecified atom stereocenters. The second kappa shape index (κ2) is 4.89. The van der Waals surface area contributed by atoms with Gasteiger partial charge in [0.05, 0.1) is 6.26 Å². The number of para-hydroxylation sites is 1. The van der Waals surface area contributed by atoms with Crippen LogP contribution in [0.4, 0.5) is 0 Å². The van der Waals surface area contributed by atoms with Gasteiger partial charge in [-0.1, -0.05) is 18.2 Å². The van der Waals surface area contributed by atoms with E-state index in [0.29, 0.717) is 6.54 Å². The average Bonchev–Trinajstić information content (AvgIpc) is 2.65. The van der Waals surface area contributed by atoms with Crippen molar-refractivity contribution in [1.29, 1.82) is 0 Å². The Kier molecular flexibility index (Phi) is 3.49. The van der Waals surface area contributed by atoms with Crippen LogP contribution in [-0.4, -0.2) is 21.2 Å². The van der Waals surface area contributed by atoms with Crippen LogP contribution in [0.2, 0.25) is 0 Å². The van der Waals surface area contributed by atoms with Gasteiger partial charge in [-0.2, -0.15) is 0 Å². The first-order valence-electron chi connectivity index (χ1n) is 5.47. The minimum absolute atomic E-state index is 0.440. The monoisotopic (exact) mass is 253 g/mol. The van der Waals surface area contributed by atoms with E-state index in [1.54, 1.807) is 0 Å². The van der Waals surface area contributed by atoms with E-state index < -0.39 is 10.0 Å². The molecule has 0 saturated carbocycles. The standard InChI is InChI=1S/C12H15NO3S/c1-17(14,15)13-8-4-6-11-9-10-5-2-3-7-12(10)16-11/h2-3,5,7,9,13H,4,6,8H2,1H3. The smallest absolute Gasteiger partial charge is 0.208 e. The topological polar surface area (TPSA) is 59.3 Å². The summed E-state index contributed by atoms with van der Waals surface area (Å²) in [4.78, 5) is 0. The molecule has 0 aliphatic carbocycles. The molecular formula is C12H15NO3S. The van der Waals surface area contributed by atoms with Crippen molar-refractivity contribution in [2.75, 3.05) is 12.8 Å². The zero-order valence-corrected chi connectivity index (χ0v) is 10.5. The van der Waals surface area contributed by atoms with Crippen LogP contribution >= 0.6 is 0 Å². The number of benzene rings is 1. The van der Waals surface area contributed by atoms with E-state index >= 15 is 0 Å². The number of hydrogen-bond acceptors (Lipinski definition) is 3. The Hall–Kier alpha value is -1.33. The Morgan fingerprint density at radius 1 is 1.29 bits per heavy atom. The van der Waals surface area contributed by atoms with Crippen LogP contribution in [0.5, 0.6) is 0 Å². The summed E-state index contributed by atoms with van der Waals surface area (Å²) in [6.07, 6.45) is 2.62. The fourth-order valence-corrected chi connectivity index (χ4v) is 2.20. The first kappa shape index (κ1) is 12.1. The maximum absolute atomic E-state index is 10.8. The van der Waals surface area contributed by atoms with Crippen LogP contribution in [0, 0.1) is 0 Å². The summed E-state index contributed by atoms with van der Waals surface area (Å²) in [5.41, 5.74) is 0.874. The third-order valence-corrected chi connectivity index (χ3v) is 3.17. The zero-order chi connectivity index (χ0) is 12.3. The highest BCUT2D eigenvalue weighted by Gasteiger charge is 2.04. The average molecular weight is 253 g/mol. The van der Waals surface area contributed by atoms with Crippen molar-refractivity contribution < 1.29 is 12.8 Å². The summed E-state index contributed by atoms with van der Waals surface area (Å²) in [7, 11) is -3.08. The number of nitrogens with one attached hydrogen (secondary N) is 1. The highest BCUT2D eigenvalue weighted by Crippen LogP contribution is 2.19. The van der Waals surface area contributed by atoms with Gasteiger partial charge in [-0.3, -0.25) is 0 Å². The number of sulfonamides is 1. The molecule has 1 aromatic carbocycles. The molecule has 4 nitrogen and oxygen atoms in total. The van der Waals surface area contributed by atoms with E-state index in [2.05, 4.69) is 4.72 Å². The molecular weight excluding hydrogens is 238 g/mol. The molecule has 0 bridgehead atoms. The molecule has 1 heterocycles. The first-order valence-corrected chi connectivity index (χ1v) is 7.36. The quantitative estimate of drug-likeness (QED) is 0.828. The molecule has 0 radical (unpaired) electrons. The van der Waals surface area contributed by atoms with E-state index in [0.717, 1.165) is 35.8 Å². The van der Waals surface area contributed by atoms with Crippen LogP contribution in [-0.2, 0) is 16.4 Å². The molecule has 92 valence electrons. The number of aryl methyl sites for hydroxylation is 1. The summed E-state index contributed by atoms with van der Waals surface area (Å²) in [6, 6.07) is 9.81. The van der Waals surface area contributed by atoms with Crippen LogP contribution < -0.4 is 4.72 Å². The SMILES string of the molecule is CS(=O)(=O)NCCCc1cc2ccccc2o1. The van der Waals surface area contributed by atoms with Crippen LogP contribution in [0.25, 0.3) is 11.0 Å². The molecule has 0 atom stereocenters. The second-order valence-electron chi connectivity index (χ2n) is 4.02. The van der Waals surface area contributed by atoms with Crippen LogP contribution in [0.1, 0.15) is 12.2 Å². The lowest BCUT2D eigenvalue weighted by molar-refractivity contribution is 0.534. The van der Waals surface area contributed by atoms with Crippen molar-refractivity contribution in [3.63, 3.8) is 0 Å².